The van der Waals surface area contributed by atoms with Gasteiger partial charge in [-0.1, -0.05) is 29.3 Å². The molecule has 0 atom stereocenters. The second-order valence-electron chi connectivity index (χ2n) is 5.18. The number of benzene rings is 2. The van der Waals surface area contributed by atoms with Crippen LogP contribution in [0.4, 0.5) is 21.5 Å². The molecule has 0 bridgehead atoms. The zero-order chi connectivity index (χ0) is 17.8. The zero-order valence-electron chi connectivity index (χ0n) is 12.8. The number of amides is 1. The molecule has 0 aliphatic heterocycles. The van der Waals surface area contributed by atoms with Crippen LogP contribution in [0.2, 0.25) is 10.0 Å². The maximum absolute atomic E-state index is 13.2. The van der Waals surface area contributed by atoms with E-state index in [4.69, 9.17) is 23.2 Å². The Labute approximate surface area is 153 Å². The van der Waals surface area contributed by atoms with Gasteiger partial charge in [0.05, 0.1) is 28.2 Å². The number of nitrogens with one attached hydrogen (secondary N) is 2. The van der Waals surface area contributed by atoms with Gasteiger partial charge < -0.3 is 10.6 Å². The van der Waals surface area contributed by atoms with Crippen molar-refractivity contribution in [3.63, 3.8) is 0 Å². The SMILES string of the molecule is O=C(Nc1cc(Cl)ccc1Cl)c1cncc(Nc2cccc(F)c2)c1. The molecule has 2 aromatic carbocycles. The summed E-state index contributed by atoms with van der Waals surface area (Å²) in [6, 6.07) is 12.4. The summed E-state index contributed by atoms with van der Waals surface area (Å²) in [6.45, 7) is 0. The number of anilines is 3. The molecule has 0 unspecified atom stereocenters. The summed E-state index contributed by atoms with van der Waals surface area (Å²) in [5.74, 6) is -0.748. The number of hydrogen-bond acceptors (Lipinski definition) is 3. The van der Waals surface area contributed by atoms with Gasteiger partial charge in [0.15, 0.2) is 0 Å². The van der Waals surface area contributed by atoms with Crippen molar-refractivity contribution in [2.24, 2.45) is 0 Å². The van der Waals surface area contributed by atoms with Gasteiger partial charge in [-0.3, -0.25) is 9.78 Å². The third-order valence-corrected chi connectivity index (χ3v) is 3.86. The minimum absolute atomic E-state index is 0.317. The van der Waals surface area contributed by atoms with Gasteiger partial charge in [0, 0.05) is 16.9 Å². The molecule has 2 N–H and O–H groups in total. The monoisotopic (exact) mass is 375 g/mol. The van der Waals surface area contributed by atoms with Crippen LogP contribution in [0.3, 0.4) is 0 Å². The normalized spacial score (nSPS) is 10.4. The van der Waals surface area contributed by atoms with Crippen molar-refractivity contribution < 1.29 is 9.18 Å². The number of pyridine rings is 1. The second-order valence-corrected chi connectivity index (χ2v) is 6.02. The summed E-state index contributed by atoms with van der Waals surface area (Å²) >= 11 is 12.0. The van der Waals surface area contributed by atoms with E-state index in [1.807, 2.05) is 0 Å². The van der Waals surface area contributed by atoms with Gasteiger partial charge in [-0.25, -0.2) is 4.39 Å². The maximum atomic E-state index is 13.2. The number of halogens is 3. The lowest BCUT2D eigenvalue weighted by Crippen LogP contribution is -2.13. The van der Waals surface area contributed by atoms with Crippen LogP contribution in [0.1, 0.15) is 10.4 Å². The summed E-state index contributed by atoms with van der Waals surface area (Å²) in [4.78, 5) is 16.4. The Morgan fingerprint density at radius 3 is 2.64 bits per heavy atom. The molecule has 0 saturated carbocycles. The van der Waals surface area contributed by atoms with Crippen molar-refractivity contribution in [1.29, 1.82) is 0 Å². The summed E-state index contributed by atoms with van der Waals surface area (Å²) in [5.41, 5.74) is 1.83. The number of hydrogen-bond donors (Lipinski definition) is 2. The molecule has 25 heavy (non-hydrogen) atoms. The van der Waals surface area contributed by atoms with Crippen LogP contribution in [0, 0.1) is 5.82 Å². The fourth-order valence-corrected chi connectivity index (χ4v) is 2.49. The molecule has 3 aromatic rings. The third kappa shape index (κ3) is 4.47. The molecule has 0 fully saturated rings. The molecule has 7 heteroatoms. The van der Waals surface area contributed by atoms with E-state index in [1.54, 1.807) is 36.4 Å². The number of carbonyl (C=O) groups is 1. The minimum atomic E-state index is -0.389. The number of rotatable bonds is 4. The minimum Gasteiger partial charge on any atom is -0.354 e. The standard InChI is InChI=1S/C18H12Cl2FN3O/c19-12-4-5-16(20)17(7-12)24-18(25)11-6-15(10-22-9-11)23-14-3-1-2-13(21)8-14/h1-10,23H,(H,24,25). The molecule has 0 aliphatic carbocycles. The maximum Gasteiger partial charge on any atom is 0.257 e. The van der Waals surface area contributed by atoms with Gasteiger partial charge in [0.25, 0.3) is 5.91 Å². The zero-order valence-corrected chi connectivity index (χ0v) is 14.3. The molecular weight excluding hydrogens is 364 g/mol. The van der Waals surface area contributed by atoms with E-state index in [-0.39, 0.29) is 11.7 Å². The van der Waals surface area contributed by atoms with Crippen molar-refractivity contribution in [2.45, 2.75) is 0 Å². The quantitative estimate of drug-likeness (QED) is 0.630. The van der Waals surface area contributed by atoms with Crippen molar-refractivity contribution in [3.8, 4) is 0 Å². The van der Waals surface area contributed by atoms with E-state index in [0.29, 0.717) is 32.7 Å². The van der Waals surface area contributed by atoms with E-state index in [0.717, 1.165) is 0 Å². The van der Waals surface area contributed by atoms with E-state index in [9.17, 15) is 9.18 Å². The molecule has 0 radical (unpaired) electrons. The molecule has 126 valence electrons. The smallest absolute Gasteiger partial charge is 0.257 e. The first kappa shape index (κ1) is 17.2. The van der Waals surface area contributed by atoms with E-state index < -0.39 is 0 Å². The van der Waals surface area contributed by atoms with Crippen LogP contribution in [0.15, 0.2) is 60.9 Å². The average Bonchev–Trinajstić information content (AvgIpc) is 2.58. The van der Waals surface area contributed by atoms with E-state index >= 15 is 0 Å². The lowest BCUT2D eigenvalue weighted by atomic mass is 10.2. The molecule has 4 nitrogen and oxygen atoms in total. The topological polar surface area (TPSA) is 54.0 Å². The van der Waals surface area contributed by atoms with Crippen LogP contribution in [0.25, 0.3) is 0 Å². The largest absolute Gasteiger partial charge is 0.354 e. The lowest BCUT2D eigenvalue weighted by Gasteiger charge is -2.10. The summed E-state index contributed by atoms with van der Waals surface area (Å²) < 4.78 is 13.2. The first-order chi connectivity index (χ1) is 12.0. The molecule has 0 spiro atoms. The van der Waals surface area contributed by atoms with E-state index in [1.165, 1.54) is 24.5 Å². The number of carbonyl (C=O) groups excluding carboxylic acids is 1. The molecule has 0 aliphatic rings. The highest BCUT2D eigenvalue weighted by Gasteiger charge is 2.10. The van der Waals surface area contributed by atoms with Gasteiger partial charge in [0.2, 0.25) is 0 Å². The van der Waals surface area contributed by atoms with Crippen molar-refractivity contribution in [1.82, 2.24) is 4.98 Å². The highest BCUT2D eigenvalue weighted by molar-refractivity contribution is 6.35. The van der Waals surface area contributed by atoms with Gasteiger partial charge in [-0.05, 0) is 42.5 Å². The van der Waals surface area contributed by atoms with Crippen molar-refractivity contribution in [2.75, 3.05) is 10.6 Å². The molecule has 1 aromatic heterocycles. The number of aromatic nitrogens is 1. The molecular formula is C18H12Cl2FN3O. The summed E-state index contributed by atoms with van der Waals surface area (Å²) in [5, 5.41) is 6.51. The Kier molecular flexibility index (Phi) is 5.16. The van der Waals surface area contributed by atoms with Gasteiger partial charge in [-0.15, -0.1) is 0 Å². The number of nitrogens with zero attached hydrogens (tertiary/aromatic N) is 1. The Hall–Kier alpha value is -2.63. The third-order valence-electron chi connectivity index (χ3n) is 3.29. The molecule has 1 amide bonds. The lowest BCUT2D eigenvalue weighted by molar-refractivity contribution is 0.102. The second kappa shape index (κ2) is 7.51. The van der Waals surface area contributed by atoms with Crippen molar-refractivity contribution >= 4 is 46.2 Å². The molecule has 1 heterocycles. The summed E-state index contributed by atoms with van der Waals surface area (Å²) in [6.07, 6.45) is 2.96. The van der Waals surface area contributed by atoms with Crippen LogP contribution < -0.4 is 10.6 Å². The predicted molar refractivity (Wildman–Crippen MR) is 98.3 cm³/mol. The highest BCUT2D eigenvalue weighted by atomic mass is 35.5. The van der Waals surface area contributed by atoms with Crippen LogP contribution in [0.5, 0.6) is 0 Å². The van der Waals surface area contributed by atoms with Gasteiger partial charge in [0.1, 0.15) is 5.82 Å². The molecule has 0 saturated heterocycles. The Morgan fingerprint density at radius 2 is 1.84 bits per heavy atom. The highest BCUT2D eigenvalue weighted by Crippen LogP contribution is 2.26. The van der Waals surface area contributed by atoms with Gasteiger partial charge >= 0.3 is 0 Å². The molecule has 3 rings (SSSR count). The Morgan fingerprint density at radius 1 is 1.00 bits per heavy atom. The first-order valence-electron chi connectivity index (χ1n) is 7.25. The fraction of sp³-hybridized carbons (Fsp3) is 0. The van der Waals surface area contributed by atoms with Gasteiger partial charge in [-0.2, -0.15) is 0 Å². The van der Waals surface area contributed by atoms with Crippen LogP contribution in [-0.4, -0.2) is 10.9 Å². The fourth-order valence-electron chi connectivity index (χ4n) is 2.15. The summed E-state index contributed by atoms with van der Waals surface area (Å²) in [7, 11) is 0. The van der Waals surface area contributed by atoms with Crippen molar-refractivity contribution in [3.05, 3.63) is 82.4 Å². The first-order valence-corrected chi connectivity index (χ1v) is 8.01. The Balaban J connectivity index is 1.78. The van der Waals surface area contributed by atoms with E-state index in [2.05, 4.69) is 15.6 Å². The average molecular weight is 376 g/mol. The predicted octanol–water partition coefficient (Wildman–Crippen LogP) is 5.52. The van der Waals surface area contributed by atoms with Crippen LogP contribution in [-0.2, 0) is 0 Å². The Bertz CT molecular complexity index is 934. The van der Waals surface area contributed by atoms with Crippen LogP contribution >= 0.6 is 23.2 Å².